The highest BCUT2D eigenvalue weighted by Crippen LogP contribution is 2.38. The van der Waals surface area contributed by atoms with Gasteiger partial charge in [0, 0.05) is 29.7 Å². The zero-order chi connectivity index (χ0) is 12.0. The van der Waals surface area contributed by atoms with Crippen molar-refractivity contribution in [3.8, 4) is 0 Å². The largest absolute Gasteiger partial charge is 0.350 e. The molecule has 90 valence electrons. The van der Waals surface area contributed by atoms with Crippen molar-refractivity contribution in [2.24, 2.45) is 12.8 Å². The second-order valence-electron chi connectivity index (χ2n) is 5.26. The second-order valence-corrected chi connectivity index (χ2v) is 5.67. The number of benzene rings is 1. The summed E-state index contributed by atoms with van der Waals surface area (Å²) in [4.78, 5) is 0. The van der Waals surface area contributed by atoms with Crippen molar-refractivity contribution in [2.45, 2.75) is 31.2 Å². The number of rotatable bonds is 3. The fraction of sp³-hybridized carbons (Fsp3) is 0.429. The van der Waals surface area contributed by atoms with E-state index in [0.29, 0.717) is 0 Å². The molecule has 0 atom stereocenters. The number of halogens is 1. The summed E-state index contributed by atoms with van der Waals surface area (Å²) in [6.07, 6.45) is 6.62. The first-order valence-electron chi connectivity index (χ1n) is 6.10. The molecule has 2 nitrogen and oxygen atoms in total. The fourth-order valence-electron chi connectivity index (χ4n) is 2.48. The lowest BCUT2D eigenvalue weighted by molar-refractivity contribution is 0.610. The maximum absolute atomic E-state index is 6.30. The van der Waals surface area contributed by atoms with Crippen LogP contribution in [-0.4, -0.2) is 10.1 Å². The average molecular weight is 249 g/mol. The molecular weight excluding hydrogens is 232 g/mol. The Balaban J connectivity index is 1.98. The van der Waals surface area contributed by atoms with Crippen LogP contribution in [0, 0.1) is 0 Å². The number of nitrogens with zero attached hydrogens (tertiary/aromatic N) is 1. The molecule has 3 rings (SSSR count). The highest BCUT2D eigenvalue weighted by atomic mass is 35.5. The van der Waals surface area contributed by atoms with Crippen LogP contribution in [0.25, 0.3) is 10.9 Å². The summed E-state index contributed by atoms with van der Waals surface area (Å²) < 4.78 is 2.15. The van der Waals surface area contributed by atoms with E-state index < -0.39 is 0 Å². The minimum absolute atomic E-state index is 0.115. The quantitative estimate of drug-likeness (QED) is 0.888. The van der Waals surface area contributed by atoms with Crippen LogP contribution in [0.4, 0.5) is 0 Å². The molecule has 1 aromatic heterocycles. The number of fused-ring (bicyclic) bond motifs is 1. The highest BCUT2D eigenvalue weighted by Gasteiger charge is 2.37. The van der Waals surface area contributed by atoms with Crippen molar-refractivity contribution in [1.29, 1.82) is 0 Å². The van der Waals surface area contributed by atoms with E-state index in [4.69, 9.17) is 17.3 Å². The highest BCUT2D eigenvalue weighted by molar-refractivity contribution is 6.35. The Bertz CT molecular complexity index is 567. The van der Waals surface area contributed by atoms with Crippen molar-refractivity contribution < 1.29 is 0 Å². The van der Waals surface area contributed by atoms with Gasteiger partial charge >= 0.3 is 0 Å². The molecule has 1 aromatic carbocycles. The van der Waals surface area contributed by atoms with Gasteiger partial charge in [0.15, 0.2) is 0 Å². The normalized spacial score (nSPS) is 17.6. The molecule has 0 aliphatic heterocycles. The van der Waals surface area contributed by atoms with Crippen molar-refractivity contribution in [3.05, 3.63) is 35.0 Å². The van der Waals surface area contributed by atoms with E-state index in [1.54, 1.807) is 0 Å². The van der Waals surface area contributed by atoms with Gasteiger partial charge in [-0.3, -0.25) is 0 Å². The fourth-order valence-corrected chi connectivity index (χ4v) is 2.77. The lowest BCUT2D eigenvalue weighted by Gasteiger charge is -2.07. The summed E-state index contributed by atoms with van der Waals surface area (Å²) in [5.74, 6) is 0. The van der Waals surface area contributed by atoms with Crippen LogP contribution in [0.1, 0.15) is 24.8 Å². The zero-order valence-corrected chi connectivity index (χ0v) is 10.8. The monoisotopic (exact) mass is 248 g/mol. The Morgan fingerprint density at radius 1 is 1.41 bits per heavy atom. The first-order valence-corrected chi connectivity index (χ1v) is 6.48. The van der Waals surface area contributed by atoms with E-state index in [0.717, 1.165) is 17.9 Å². The maximum atomic E-state index is 6.30. The third-order valence-electron chi connectivity index (χ3n) is 3.83. The second kappa shape index (κ2) is 3.76. The molecule has 0 bridgehead atoms. The number of hydrogen-bond donors (Lipinski definition) is 1. The Hall–Kier alpha value is -0.990. The molecule has 2 N–H and O–H groups in total. The third-order valence-corrected chi connectivity index (χ3v) is 4.14. The van der Waals surface area contributed by atoms with Crippen LogP contribution in [0.5, 0.6) is 0 Å². The average Bonchev–Trinajstić information content (AvgIpc) is 2.94. The van der Waals surface area contributed by atoms with Crippen molar-refractivity contribution in [1.82, 2.24) is 4.57 Å². The molecule has 1 aliphatic carbocycles. The Morgan fingerprint density at radius 3 is 2.88 bits per heavy atom. The van der Waals surface area contributed by atoms with Crippen molar-refractivity contribution in [2.75, 3.05) is 0 Å². The summed E-state index contributed by atoms with van der Waals surface area (Å²) in [5, 5.41) is 2.04. The molecule has 2 aromatic rings. The summed E-state index contributed by atoms with van der Waals surface area (Å²) >= 11 is 6.30. The van der Waals surface area contributed by atoms with Gasteiger partial charge in [-0.1, -0.05) is 17.7 Å². The standard InChI is InChI=1S/C14H17ClN2/c1-17-9-10(5-6-14(16)7-8-14)13-11(15)3-2-4-12(13)17/h2-4,9H,5-8,16H2,1H3. The Morgan fingerprint density at radius 2 is 2.18 bits per heavy atom. The molecule has 17 heavy (non-hydrogen) atoms. The van der Waals surface area contributed by atoms with E-state index in [-0.39, 0.29) is 5.54 Å². The van der Waals surface area contributed by atoms with Gasteiger partial charge in [-0.05, 0) is 43.4 Å². The van der Waals surface area contributed by atoms with Crippen LogP contribution in [0.15, 0.2) is 24.4 Å². The SMILES string of the molecule is Cn1cc(CCC2(N)CC2)c2c(Cl)cccc21. The molecule has 0 unspecified atom stereocenters. The number of aryl methyl sites for hydroxylation is 2. The summed E-state index contributed by atoms with van der Waals surface area (Å²) in [5.41, 5.74) is 8.79. The van der Waals surface area contributed by atoms with Crippen LogP contribution in [0.2, 0.25) is 5.02 Å². The van der Waals surface area contributed by atoms with Crippen LogP contribution < -0.4 is 5.73 Å². The van der Waals surface area contributed by atoms with Gasteiger partial charge < -0.3 is 10.3 Å². The smallest absolute Gasteiger partial charge is 0.0502 e. The van der Waals surface area contributed by atoms with Gasteiger partial charge in [0.1, 0.15) is 0 Å². The molecule has 0 saturated heterocycles. The minimum atomic E-state index is 0.115. The minimum Gasteiger partial charge on any atom is -0.350 e. The number of hydrogen-bond acceptors (Lipinski definition) is 1. The van der Waals surface area contributed by atoms with E-state index in [2.05, 4.69) is 23.9 Å². The van der Waals surface area contributed by atoms with Gasteiger partial charge in [-0.25, -0.2) is 0 Å². The first-order chi connectivity index (χ1) is 8.09. The lowest BCUT2D eigenvalue weighted by atomic mass is 10.0. The zero-order valence-electron chi connectivity index (χ0n) is 10.0. The summed E-state index contributed by atoms with van der Waals surface area (Å²) in [7, 11) is 2.07. The van der Waals surface area contributed by atoms with Crippen LogP contribution >= 0.6 is 11.6 Å². The van der Waals surface area contributed by atoms with E-state index in [1.165, 1.54) is 29.3 Å². The summed E-state index contributed by atoms with van der Waals surface area (Å²) in [6, 6.07) is 6.07. The topological polar surface area (TPSA) is 30.9 Å². The molecular formula is C14H17ClN2. The van der Waals surface area contributed by atoms with Crippen LogP contribution in [0.3, 0.4) is 0 Å². The Kier molecular flexibility index (Phi) is 2.46. The van der Waals surface area contributed by atoms with Gasteiger partial charge in [-0.15, -0.1) is 0 Å². The van der Waals surface area contributed by atoms with Gasteiger partial charge in [0.05, 0.1) is 5.02 Å². The Labute approximate surface area is 106 Å². The molecule has 0 amide bonds. The lowest BCUT2D eigenvalue weighted by Crippen LogP contribution is -2.21. The van der Waals surface area contributed by atoms with Gasteiger partial charge in [0.2, 0.25) is 0 Å². The van der Waals surface area contributed by atoms with E-state index in [9.17, 15) is 0 Å². The summed E-state index contributed by atoms with van der Waals surface area (Å²) in [6.45, 7) is 0. The maximum Gasteiger partial charge on any atom is 0.0502 e. The van der Waals surface area contributed by atoms with E-state index in [1.807, 2.05) is 12.1 Å². The molecule has 1 aliphatic rings. The molecule has 1 fully saturated rings. The van der Waals surface area contributed by atoms with E-state index >= 15 is 0 Å². The van der Waals surface area contributed by atoms with Crippen molar-refractivity contribution in [3.63, 3.8) is 0 Å². The van der Waals surface area contributed by atoms with Gasteiger partial charge in [-0.2, -0.15) is 0 Å². The van der Waals surface area contributed by atoms with Crippen LogP contribution in [-0.2, 0) is 13.5 Å². The number of nitrogens with two attached hydrogens (primary N) is 1. The first kappa shape index (κ1) is 11.1. The van der Waals surface area contributed by atoms with Gasteiger partial charge in [0.25, 0.3) is 0 Å². The number of aromatic nitrogens is 1. The molecule has 0 spiro atoms. The molecule has 1 saturated carbocycles. The predicted molar refractivity (Wildman–Crippen MR) is 72.4 cm³/mol. The molecule has 3 heteroatoms. The molecule has 1 heterocycles. The third kappa shape index (κ3) is 1.96. The predicted octanol–water partition coefficient (Wildman–Crippen LogP) is 3.26. The molecule has 0 radical (unpaired) electrons. The van der Waals surface area contributed by atoms with Crippen molar-refractivity contribution >= 4 is 22.5 Å².